The molecule has 0 heterocycles. The first-order valence-electron chi connectivity index (χ1n) is 6.32. The third-order valence-electron chi connectivity index (χ3n) is 3.65. The molecule has 1 rings (SSSR count). The van der Waals surface area contributed by atoms with Gasteiger partial charge in [-0.25, -0.2) is 4.39 Å². The number of hydrogen-bond donors (Lipinski definition) is 2. The molecule has 18 heavy (non-hydrogen) atoms. The Morgan fingerprint density at radius 3 is 2.50 bits per heavy atom. The van der Waals surface area contributed by atoms with Gasteiger partial charge in [-0.3, -0.25) is 0 Å². The molecule has 0 fully saturated rings. The summed E-state index contributed by atoms with van der Waals surface area (Å²) in [6.07, 6.45) is 1.86. The van der Waals surface area contributed by atoms with Crippen LogP contribution in [0, 0.1) is 11.2 Å². The van der Waals surface area contributed by atoms with Gasteiger partial charge in [0.05, 0.1) is 5.02 Å². The average molecular weight is 274 g/mol. The van der Waals surface area contributed by atoms with Gasteiger partial charge in [-0.05, 0) is 30.5 Å². The number of halogens is 2. The third kappa shape index (κ3) is 3.94. The number of rotatable bonds is 7. The molecule has 0 spiro atoms. The molecule has 0 saturated heterocycles. The first-order chi connectivity index (χ1) is 8.56. The van der Waals surface area contributed by atoms with E-state index < -0.39 is 5.82 Å². The summed E-state index contributed by atoms with van der Waals surface area (Å²) in [5, 5.41) is 12.9. The molecule has 0 aliphatic carbocycles. The van der Waals surface area contributed by atoms with Crippen LogP contribution in [0.1, 0.15) is 32.3 Å². The zero-order valence-corrected chi connectivity index (χ0v) is 11.7. The molecular formula is C14H21ClFNO. The summed E-state index contributed by atoms with van der Waals surface area (Å²) in [6.45, 7) is 5.71. The van der Waals surface area contributed by atoms with Crippen LogP contribution in [-0.4, -0.2) is 18.3 Å². The Bertz CT molecular complexity index is 372. The van der Waals surface area contributed by atoms with Crippen LogP contribution in [0.2, 0.25) is 5.02 Å². The second-order valence-corrected chi connectivity index (χ2v) is 5.12. The van der Waals surface area contributed by atoms with Crippen molar-refractivity contribution in [3.8, 4) is 0 Å². The molecule has 0 aromatic heterocycles. The summed E-state index contributed by atoms with van der Waals surface area (Å²) in [6, 6.07) is 4.72. The molecule has 1 aromatic rings. The number of aliphatic hydroxyl groups excluding tert-OH is 1. The zero-order chi connectivity index (χ0) is 13.6. The fraction of sp³-hybridized carbons (Fsp3) is 0.571. The Balaban J connectivity index is 2.52. The molecule has 0 aliphatic heterocycles. The van der Waals surface area contributed by atoms with Crippen LogP contribution < -0.4 is 5.32 Å². The van der Waals surface area contributed by atoms with Gasteiger partial charge in [0.15, 0.2) is 0 Å². The largest absolute Gasteiger partial charge is 0.396 e. The van der Waals surface area contributed by atoms with Crippen molar-refractivity contribution in [1.82, 2.24) is 5.32 Å². The molecule has 0 amide bonds. The maximum atomic E-state index is 13.0. The van der Waals surface area contributed by atoms with E-state index in [0.717, 1.165) is 24.9 Å². The smallest absolute Gasteiger partial charge is 0.141 e. The Morgan fingerprint density at radius 2 is 2.00 bits per heavy atom. The summed E-state index contributed by atoms with van der Waals surface area (Å²) in [5.41, 5.74) is 0.879. The highest BCUT2D eigenvalue weighted by molar-refractivity contribution is 6.30. The van der Waals surface area contributed by atoms with Gasteiger partial charge >= 0.3 is 0 Å². The summed E-state index contributed by atoms with van der Waals surface area (Å²) in [7, 11) is 0. The average Bonchev–Trinajstić information content (AvgIpc) is 2.39. The lowest BCUT2D eigenvalue weighted by molar-refractivity contribution is 0.113. The van der Waals surface area contributed by atoms with Crippen molar-refractivity contribution >= 4 is 11.6 Å². The minimum absolute atomic E-state index is 0.0656. The van der Waals surface area contributed by atoms with Gasteiger partial charge in [-0.2, -0.15) is 0 Å². The number of hydrogen-bond acceptors (Lipinski definition) is 2. The van der Waals surface area contributed by atoms with Crippen LogP contribution in [0.15, 0.2) is 18.2 Å². The standard InChI is InChI=1S/C14H21ClFNO/c1-3-14(4-2,10-18)9-17-8-11-5-6-13(16)12(15)7-11/h5-7,17-18H,3-4,8-10H2,1-2H3. The lowest BCUT2D eigenvalue weighted by Gasteiger charge is -2.29. The van der Waals surface area contributed by atoms with Gasteiger partial charge < -0.3 is 10.4 Å². The quantitative estimate of drug-likeness (QED) is 0.798. The van der Waals surface area contributed by atoms with Crippen LogP contribution in [0.3, 0.4) is 0 Å². The van der Waals surface area contributed by atoms with Gasteiger partial charge in [0.25, 0.3) is 0 Å². The van der Waals surface area contributed by atoms with E-state index >= 15 is 0 Å². The maximum Gasteiger partial charge on any atom is 0.141 e. The van der Waals surface area contributed by atoms with Gasteiger partial charge in [0, 0.05) is 25.1 Å². The van der Waals surface area contributed by atoms with Crippen molar-refractivity contribution < 1.29 is 9.50 Å². The van der Waals surface area contributed by atoms with E-state index in [2.05, 4.69) is 19.2 Å². The van der Waals surface area contributed by atoms with Crippen LogP contribution in [0.5, 0.6) is 0 Å². The Morgan fingerprint density at radius 1 is 1.33 bits per heavy atom. The first kappa shape index (κ1) is 15.4. The highest BCUT2D eigenvalue weighted by Gasteiger charge is 2.24. The highest BCUT2D eigenvalue weighted by atomic mass is 35.5. The van der Waals surface area contributed by atoms with Gasteiger partial charge in [-0.15, -0.1) is 0 Å². The maximum absolute atomic E-state index is 13.0. The van der Waals surface area contributed by atoms with E-state index in [1.54, 1.807) is 12.1 Å². The minimum atomic E-state index is -0.396. The topological polar surface area (TPSA) is 32.3 Å². The van der Waals surface area contributed by atoms with Crippen LogP contribution in [-0.2, 0) is 6.54 Å². The van der Waals surface area contributed by atoms with E-state index in [-0.39, 0.29) is 17.0 Å². The summed E-state index contributed by atoms with van der Waals surface area (Å²) in [4.78, 5) is 0. The lowest BCUT2D eigenvalue weighted by Crippen LogP contribution is -2.36. The number of nitrogens with one attached hydrogen (secondary N) is 1. The van der Waals surface area contributed by atoms with Gasteiger partial charge in [-0.1, -0.05) is 31.5 Å². The number of benzene rings is 1. The van der Waals surface area contributed by atoms with E-state index in [1.165, 1.54) is 6.07 Å². The Kier molecular flexibility index (Phi) is 6.06. The van der Waals surface area contributed by atoms with Crippen molar-refractivity contribution in [2.24, 2.45) is 5.41 Å². The van der Waals surface area contributed by atoms with E-state index in [1.807, 2.05) is 0 Å². The molecular weight excluding hydrogens is 253 g/mol. The molecule has 102 valence electrons. The highest BCUT2D eigenvalue weighted by Crippen LogP contribution is 2.24. The molecule has 0 bridgehead atoms. The minimum Gasteiger partial charge on any atom is -0.396 e. The Labute approximate surface area is 113 Å². The van der Waals surface area contributed by atoms with Crippen molar-refractivity contribution in [2.45, 2.75) is 33.2 Å². The number of aliphatic hydroxyl groups is 1. The van der Waals surface area contributed by atoms with Crippen molar-refractivity contribution in [2.75, 3.05) is 13.2 Å². The van der Waals surface area contributed by atoms with Gasteiger partial charge in [0.1, 0.15) is 5.82 Å². The van der Waals surface area contributed by atoms with Crippen molar-refractivity contribution in [3.63, 3.8) is 0 Å². The molecule has 4 heteroatoms. The molecule has 0 saturated carbocycles. The second kappa shape index (κ2) is 7.07. The first-order valence-corrected chi connectivity index (χ1v) is 6.70. The fourth-order valence-corrected chi connectivity index (χ4v) is 2.10. The van der Waals surface area contributed by atoms with Crippen molar-refractivity contribution in [3.05, 3.63) is 34.6 Å². The molecule has 2 N–H and O–H groups in total. The zero-order valence-electron chi connectivity index (χ0n) is 11.0. The summed E-state index contributed by atoms with van der Waals surface area (Å²) in [5.74, 6) is -0.396. The predicted octanol–water partition coefficient (Wildman–Crippen LogP) is 3.37. The van der Waals surface area contributed by atoms with Crippen molar-refractivity contribution in [1.29, 1.82) is 0 Å². The third-order valence-corrected chi connectivity index (χ3v) is 3.94. The lowest BCUT2D eigenvalue weighted by atomic mass is 9.83. The molecule has 0 aliphatic rings. The van der Waals surface area contributed by atoms with E-state index in [4.69, 9.17) is 11.6 Å². The molecule has 0 unspecified atom stereocenters. The molecule has 0 radical (unpaired) electrons. The monoisotopic (exact) mass is 273 g/mol. The molecule has 1 aromatic carbocycles. The normalized spacial score (nSPS) is 11.8. The van der Waals surface area contributed by atoms with Crippen LogP contribution in [0.25, 0.3) is 0 Å². The van der Waals surface area contributed by atoms with E-state index in [9.17, 15) is 9.50 Å². The predicted molar refractivity (Wildman–Crippen MR) is 73.2 cm³/mol. The van der Waals surface area contributed by atoms with Crippen LogP contribution >= 0.6 is 11.6 Å². The van der Waals surface area contributed by atoms with Gasteiger partial charge in [0.2, 0.25) is 0 Å². The molecule has 0 atom stereocenters. The molecule has 2 nitrogen and oxygen atoms in total. The van der Waals surface area contributed by atoms with E-state index in [0.29, 0.717) is 6.54 Å². The summed E-state index contributed by atoms with van der Waals surface area (Å²) < 4.78 is 13.0. The second-order valence-electron chi connectivity index (χ2n) is 4.72. The SMILES string of the molecule is CCC(CC)(CO)CNCc1ccc(F)c(Cl)c1. The Hall–Kier alpha value is -0.640. The summed E-state index contributed by atoms with van der Waals surface area (Å²) >= 11 is 5.72. The fourth-order valence-electron chi connectivity index (χ4n) is 1.90. The van der Waals surface area contributed by atoms with Crippen LogP contribution in [0.4, 0.5) is 4.39 Å².